The van der Waals surface area contributed by atoms with Crippen molar-refractivity contribution in [3.05, 3.63) is 35.4 Å². The third-order valence-corrected chi connectivity index (χ3v) is 3.56. The van der Waals surface area contributed by atoms with Gasteiger partial charge in [-0.05, 0) is 18.6 Å². The summed E-state index contributed by atoms with van der Waals surface area (Å²) >= 11 is 0. The average molecular weight is 263 g/mol. The lowest BCUT2D eigenvalue weighted by atomic mass is 9.83. The molecule has 2 atom stereocenters. The van der Waals surface area contributed by atoms with E-state index in [1.807, 2.05) is 0 Å². The van der Waals surface area contributed by atoms with Gasteiger partial charge in [-0.15, -0.1) is 0 Å². The Morgan fingerprint density at radius 2 is 2.11 bits per heavy atom. The topological polar surface area (TPSA) is 66.8 Å². The van der Waals surface area contributed by atoms with Crippen molar-refractivity contribution < 1.29 is 19.4 Å². The number of carbonyl (C=O) groups excluding carboxylic acids is 1. The number of ether oxygens (including phenoxy) is 1. The van der Waals surface area contributed by atoms with Crippen molar-refractivity contribution >= 4 is 11.9 Å². The molecule has 1 amide bonds. The molecule has 1 heterocycles. The van der Waals surface area contributed by atoms with E-state index in [0.29, 0.717) is 24.3 Å². The smallest absolute Gasteiger partial charge is 0.313 e. The lowest BCUT2D eigenvalue weighted by Gasteiger charge is -2.38. The predicted molar refractivity (Wildman–Crippen MR) is 69.2 cm³/mol. The lowest BCUT2D eigenvalue weighted by molar-refractivity contribution is -0.140. The molecule has 0 radical (unpaired) electrons. The molecule has 5 heteroatoms. The molecule has 5 nitrogen and oxygen atoms in total. The molecule has 102 valence electrons. The van der Waals surface area contributed by atoms with E-state index in [1.54, 1.807) is 43.2 Å². The molecule has 0 saturated carbocycles. The maximum absolute atomic E-state index is 12.4. The molecule has 0 aromatic heterocycles. The third kappa shape index (κ3) is 2.33. The highest BCUT2D eigenvalue weighted by atomic mass is 16.5. The first kappa shape index (κ1) is 13.5. The van der Waals surface area contributed by atoms with Gasteiger partial charge in [0.05, 0.1) is 6.61 Å². The van der Waals surface area contributed by atoms with Crippen LogP contribution in [0.25, 0.3) is 0 Å². The highest BCUT2D eigenvalue weighted by Crippen LogP contribution is 2.33. The molecular weight excluding hydrogens is 246 g/mol. The van der Waals surface area contributed by atoms with E-state index in [-0.39, 0.29) is 11.9 Å². The van der Waals surface area contributed by atoms with Crippen LogP contribution in [0.5, 0.6) is 0 Å². The Hall–Kier alpha value is -1.88. The fourth-order valence-corrected chi connectivity index (χ4v) is 2.58. The van der Waals surface area contributed by atoms with E-state index in [0.717, 1.165) is 0 Å². The first-order chi connectivity index (χ1) is 9.07. The van der Waals surface area contributed by atoms with Crippen LogP contribution < -0.4 is 0 Å². The van der Waals surface area contributed by atoms with Gasteiger partial charge in [0.25, 0.3) is 5.91 Å². The van der Waals surface area contributed by atoms with Crippen molar-refractivity contribution in [3.63, 3.8) is 0 Å². The minimum atomic E-state index is -0.908. The standard InChI is InChI=1S/C14H17NO4/c1-9-12(14(17)18)10-5-3-4-6-11(10)13(16)15(9)7-8-19-2/h3-6,9,12H,7-8H2,1-2H3,(H,17,18). The van der Waals surface area contributed by atoms with E-state index in [1.165, 1.54) is 0 Å². The summed E-state index contributed by atoms with van der Waals surface area (Å²) in [5.41, 5.74) is 1.07. The molecule has 2 rings (SSSR count). The summed E-state index contributed by atoms with van der Waals surface area (Å²) in [5.74, 6) is -1.72. The molecule has 1 aromatic rings. The molecular formula is C14H17NO4. The van der Waals surface area contributed by atoms with Crippen LogP contribution >= 0.6 is 0 Å². The number of carboxylic acid groups (broad SMARTS) is 1. The second kappa shape index (κ2) is 5.40. The predicted octanol–water partition coefficient (Wildman–Crippen LogP) is 1.35. The number of fused-ring (bicyclic) bond motifs is 1. The summed E-state index contributed by atoms with van der Waals surface area (Å²) in [6.07, 6.45) is 0. The largest absolute Gasteiger partial charge is 0.481 e. The molecule has 1 aliphatic heterocycles. The zero-order valence-electron chi connectivity index (χ0n) is 11.0. The lowest BCUT2D eigenvalue weighted by Crippen LogP contribution is -2.49. The first-order valence-corrected chi connectivity index (χ1v) is 6.19. The van der Waals surface area contributed by atoms with Crippen LogP contribution in [0.4, 0.5) is 0 Å². The summed E-state index contributed by atoms with van der Waals surface area (Å²) < 4.78 is 4.98. The number of benzene rings is 1. The van der Waals surface area contributed by atoms with Crippen molar-refractivity contribution in [2.24, 2.45) is 0 Å². The Bertz CT molecular complexity index is 500. The van der Waals surface area contributed by atoms with Crippen LogP contribution in [-0.4, -0.2) is 48.2 Å². The SMILES string of the molecule is COCCN1C(=O)c2ccccc2C(C(=O)O)C1C. The van der Waals surface area contributed by atoms with Crippen molar-refractivity contribution in [2.75, 3.05) is 20.3 Å². The summed E-state index contributed by atoms with van der Waals surface area (Å²) in [6.45, 7) is 2.56. The molecule has 0 bridgehead atoms. The number of amides is 1. The molecule has 0 saturated heterocycles. The van der Waals surface area contributed by atoms with Crippen LogP contribution in [-0.2, 0) is 9.53 Å². The van der Waals surface area contributed by atoms with Gasteiger partial charge in [0.2, 0.25) is 0 Å². The molecule has 1 aliphatic rings. The second-order valence-electron chi connectivity index (χ2n) is 4.64. The molecule has 0 spiro atoms. The Labute approximate surface area is 111 Å². The van der Waals surface area contributed by atoms with Crippen LogP contribution in [0.3, 0.4) is 0 Å². The van der Waals surface area contributed by atoms with Crippen LogP contribution in [0.1, 0.15) is 28.8 Å². The Balaban J connectivity index is 2.44. The van der Waals surface area contributed by atoms with E-state index >= 15 is 0 Å². The number of carboxylic acids is 1. The monoisotopic (exact) mass is 263 g/mol. The first-order valence-electron chi connectivity index (χ1n) is 6.19. The maximum Gasteiger partial charge on any atom is 0.313 e. The molecule has 1 aromatic carbocycles. The van der Waals surface area contributed by atoms with Crippen molar-refractivity contribution in [3.8, 4) is 0 Å². The number of aliphatic carboxylic acids is 1. The number of carbonyl (C=O) groups is 2. The van der Waals surface area contributed by atoms with Gasteiger partial charge < -0.3 is 14.7 Å². The number of hydrogen-bond acceptors (Lipinski definition) is 3. The second-order valence-corrected chi connectivity index (χ2v) is 4.64. The molecule has 2 unspecified atom stereocenters. The van der Waals surface area contributed by atoms with Gasteiger partial charge in [-0.3, -0.25) is 9.59 Å². The summed E-state index contributed by atoms with van der Waals surface area (Å²) in [4.78, 5) is 25.4. The quantitative estimate of drug-likeness (QED) is 0.890. The highest BCUT2D eigenvalue weighted by molar-refractivity contribution is 6.00. The summed E-state index contributed by atoms with van der Waals surface area (Å²) in [5, 5.41) is 9.42. The fraction of sp³-hybridized carbons (Fsp3) is 0.429. The highest BCUT2D eigenvalue weighted by Gasteiger charge is 2.40. The number of methoxy groups -OCH3 is 1. The van der Waals surface area contributed by atoms with Gasteiger partial charge in [-0.2, -0.15) is 0 Å². The number of rotatable bonds is 4. The molecule has 1 N–H and O–H groups in total. The molecule has 19 heavy (non-hydrogen) atoms. The summed E-state index contributed by atoms with van der Waals surface area (Å²) in [6, 6.07) is 6.53. The average Bonchev–Trinajstić information content (AvgIpc) is 2.38. The normalized spacial score (nSPS) is 22.2. The van der Waals surface area contributed by atoms with Crippen LogP contribution in [0.15, 0.2) is 24.3 Å². The van der Waals surface area contributed by atoms with Gasteiger partial charge in [-0.1, -0.05) is 18.2 Å². The minimum Gasteiger partial charge on any atom is -0.481 e. The van der Waals surface area contributed by atoms with Crippen molar-refractivity contribution in [2.45, 2.75) is 18.9 Å². The van der Waals surface area contributed by atoms with E-state index in [4.69, 9.17) is 4.74 Å². The number of nitrogens with zero attached hydrogens (tertiary/aromatic N) is 1. The van der Waals surface area contributed by atoms with Crippen LogP contribution in [0, 0.1) is 0 Å². The summed E-state index contributed by atoms with van der Waals surface area (Å²) in [7, 11) is 1.56. The Kier molecular flexibility index (Phi) is 3.85. The Morgan fingerprint density at radius 3 is 2.74 bits per heavy atom. The van der Waals surface area contributed by atoms with Gasteiger partial charge in [-0.25, -0.2) is 0 Å². The van der Waals surface area contributed by atoms with Crippen molar-refractivity contribution in [1.29, 1.82) is 0 Å². The zero-order valence-corrected chi connectivity index (χ0v) is 11.0. The van der Waals surface area contributed by atoms with Gasteiger partial charge in [0, 0.05) is 25.3 Å². The Morgan fingerprint density at radius 1 is 1.42 bits per heavy atom. The van der Waals surface area contributed by atoms with Gasteiger partial charge in [0.15, 0.2) is 0 Å². The minimum absolute atomic E-state index is 0.127. The third-order valence-electron chi connectivity index (χ3n) is 3.56. The van der Waals surface area contributed by atoms with Crippen LogP contribution in [0.2, 0.25) is 0 Å². The molecule has 0 aliphatic carbocycles. The van der Waals surface area contributed by atoms with Gasteiger partial charge >= 0.3 is 5.97 Å². The van der Waals surface area contributed by atoms with Gasteiger partial charge in [0.1, 0.15) is 5.92 Å². The number of hydrogen-bond donors (Lipinski definition) is 1. The fourth-order valence-electron chi connectivity index (χ4n) is 2.58. The van der Waals surface area contributed by atoms with E-state index < -0.39 is 11.9 Å². The van der Waals surface area contributed by atoms with E-state index in [9.17, 15) is 14.7 Å². The zero-order chi connectivity index (χ0) is 14.0. The van der Waals surface area contributed by atoms with Crippen molar-refractivity contribution in [1.82, 2.24) is 4.90 Å². The van der Waals surface area contributed by atoms with E-state index in [2.05, 4.69) is 0 Å². The molecule has 0 fully saturated rings. The maximum atomic E-state index is 12.4.